The van der Waals surface area contributed by atoms with Gasteiger partial charge in [-0.2, -0.15) is 4.98 Å². The van der Waals surface area contributed by atoms with Crippen molar-refractivity contribution in [3.8, 4) is 5.88 Å². The first kappa shape index (κ1) is 10.1. The van der Waals surface area contributed by atoms with Gasteiger partial charge in [0.2, 0.25) is 5.88 Å². The molecule has 1 aliphatic carbocycles. The lowest BCUT2D eigenvalue weighted by Crippen LogP contribution is -2.10. The van der Waals surface area contributed by atoms with Crippen LogP contribution in [0.15, 0.2) is 6.20 Å². The van der Waals surface area contributed by atoms with Crippen molar-refractivity contribution in [1.29, 1.82) is 0 Å². The number of hydrogen-bond donors (Lipinski definition) is 0. The summed E-state index contributed by atoms with van der Waals surface area (Å²) in [6, 6.07) is 0. The second kappa shape index (κ2) is 3.96. The van der Waals surface area contributed by atoms with Crippen LogP contribution in [0.4, 0.5) is 0 Å². The third-order valence-electron chi connectivity index (χ3n) is 2.22. The third-order valence-corrected chi connectivity index (χ3v) is 2.22. The third kappa shape index (κ3) is 2.32. The molecule has 15 heavy (non-hydrogen) atoms. The van der Waals surface area contributed by atoms with Crippen LogP contribution < -0.4 is 4.74 Å². The van der Waals surface area contributed by atoms with Crippen molar-refractivity contribution >= 4 is 6.29 Å². The number of nitrogens with zero attached hydrogens (tertiary/aromatic N) is 2. The smallest absolute Gasteiger partial charge is 0.227 e. The lowest BCUT2D eigenvalue weighted by molar-refractivity contribution is 0.111. The summed E-state index contributed by atoms with van der Waals surface area (Å²) >= 11 is 0. The fraction of sp³-hybridized carbons (Fsp3) is 0.545. The highest BCUT2D eigenvalue weighted by atomic mass is 16.5. The highest BCUT2D eigenvalue weighted by molar-refractivity contribution is 5.77. The quantitative estimate of drug-likeness (QED) is 0.706. The minimum Gasteiger partial charge on any atom is -0.474 e. The number of hydrogen-bond acceptors (Lipinski definition) is 4. The van der Waals surface area contributed by atoms with E-state index in [4.69, 9.17) is 4.74 Å². The van der Waals surface area contributed by atoms with Gasteiger partial charge in [0.1, 0.15) is 5.82 Å². The zero-order chi connectivity index (χ0) is 10.8. The van der Waals surface area contributed by atoms with Crippen molar-refractivity contribution in [3.63, 3.8) is 0 Å². The van der Waals surface area contributed by atoms with Crippen molar-refractivity contribution in [2.24, 2.45) is 0 Å². The van der Waals surface area contributed by atoms with Crippen LogP contribution in [0.25, 0.3) is 0 Å². The van der Waals surface area contributed by atoms with Crippen molar-refractivity contribution < 1.29 is 9.53 Å². The summed E-state index contributed by atoms with van der Waals surface area (Å²) in [5.74, 6) is 1.69. The molecule has 0 N–H and O–H groups in total. The Bertz CT molecular complexity index is 373. The Labute approximate surface area is 88.7 Å². The normalized spacial score (nSPS) is 15.4. The molecule has 4 heteroatoms. The fourth-order valence-electron chi connectivity index (χ4n) is 1.33. The van der Waals surface area contributed by atoms with Crippen molar-refractivity contribution in [2.45, 2.75) is 38.7 Å². The summed E-state index contributed by atoms with van der Waals surface area (Å²) in [5, 5.41) is 0. The van der Waals surface area contributed by atoms with Gasteiger partial charge in [-0.3, -0.25) is 4.79 Å². The molecule has 1 aromatic rings. The molecule has 1 fully saturated rings. The van der Waals surface area contributed by atoms with Gasteiger partial charge in [-0.25, -0.2) is 4.98 Å². The molecular weight excluding hydrogens is 192 g/mol. The van der Waals surface area contributed by atoms with Gasteiger partial charge in [-0.15, -0.1) is 0 Å². The molecule has 0 radical (unpaired) electrons. The Hall–Kier alpha value is -1.45. The summed E-state index contributed by atoms with van der Waals surface area (Å²) < 4.78 is 5.47. The van der Waals surface area contributed by atoms with Gasteiger partial charge in [0.15, 0.2) is 6.29 Å². The summed E-state index contributed by atoms with van der Waals surface area (Å²) in [7, 11) is 0. The van der Waals surface area contributed by atoms with Gasteiger partial charge in [-0.1, -0.05) is 0 Å². The van der Waals surface area contributed by atoms with Crippen LogP contribution >= 0.6 is 0 Å². The fourth-order valence-corrected chi connectivity index (χ4v) is 1.33. The van der Waals surface area contributed by atoms with Crippen molar-refractivity contribution in [1.82, 2.24) is 9.97 Å². The number of carbonyl (C=O) groups is 1. The van der Waals surface area contributed by atoms with Crippen LogP contribution in [0, 0.1) is 0 Å². The molecule has 0 aliphatic heterocycles. The first-order chi connectivity index (χ1) is 7.20. The SMILES string of the molecule is CC(C)Oc1nc(C2CC2)ncc1C=O. The van der Waals surface area contributed by atoms with Gasteiger partial charge in [0, 0.05) is 12.1 Å². The molecule has 80 valence electrons. The molecule has 0 amide bonds. The molecule has 2 rings (SSSR count). The first-order valence-corrected chi connectivity index (χ1v) is 5.19. The summed E-state index contributed by atoms with van der Waals surface area (Å²) in [6.07, 6.45) is 4.58. The van der Waals surface area contributed by atoms with Crippen LogP contribution in [-0.4, -0.2) is 22.4 Å². The van der Waals surface area contributed by atoms with E-state index in [0.29, 0.717) is 17.4 Å². The minimum absolute atomic E-state index is 0.0191. The van der Waals surface area contributed by atoms with Gasteiger partial charge >= 0.3 is 0 Å². The number of aldehydes is 1. The molecule has 0 bridgehead atoms. The molecule has 1 saturated carbocycles. The monoisotopic (exact) mass is 206 g/mol. The van der Waals surface area contributed by atoms with Crippen molar-refractivity contribution in [3.05, 3.63) is 17.6 Å². The van der Waals surface area contributed by atoms with E-state index in [1.54, 1.807) is 6.20 Å². The highest BCUT2D eigenvalue weighted by Crippen LogP contribution is 2.38. The largest absolute Gasteiger partial charge is 0.474 e. The maximum absolute atomic E-state index is 10.7. The molecule has 1 heterocycles. The number of rotatable bonds is 4. The van der Waals surface area contributed by atoms with Crippen molar-refractivity contribution in [2.75, 3.05) is 0 Å². The van der Waals surface area contributed by atoms with E-state index in [9.17, 15) is 4.79 Å². The molecular formula is C11H14N2O2. The molecule has 0 unspecified atom stereocenters. The highest BCUT2D eigenvalue weighted by Gasteiger charge is 2.27. The zero-order valence-corrected chi connectivity index (χ0v) is 8.93. The Morgan fingerprint density at radius 1 is 1.53 bits per heavy atom. The van der Waals surface area contributed by atoms with E-state index < -0.39 is 0 Å². The predicted molar refractivity (Wildman–Crippen MR) is 55.2 cm³/mol. The predicted octanol–water partition coefficient (Wildman–Crippen LogP) is 1.95. The summed E-state index contributed by atoms with van der Waals surface area (Å²) in [4.78, 5) is 19.2. The van der Waals surface area contributed by atoms with E-state index in [2.05, 4.69) is 9.97 Å². The molecule has 0 aromatic carbocycles. The zero-order valence-electron chi connectivity index (χ0n) is 8.93. The second-order valence-electron chi connectivity index (χ2n) is 4.05. The molecule has 0 saturated heterocycles. The molecule has 1 aliphatic rings. The van der Waals surface area contributed by atoms with Crippen LogP contribution in [0.1, 0.15) is 48.8 Å². The summed E-state index contributed by atoms with van der Waals surface area (Å²) in [5.41, 5.74) is 0.424. The maximum Gasteiger partial charge on any atom is 0.227 e. The number of ether oxygens (including phenoxy) is 1. The average molecular weight is 206 g/mol. The summed E-state index contributed by atoms with van der Waals surface area (Å²) in [6.45, 7) is 3.82. The number of carbonyl (C=O) groups excluding carboxylic acids is 1. The Morgan fingerprint density at radius 3 is 2.80 bits per heavy atom. The van der Waals surface area contributed by atoms with E-state index in [0.717, 1.165) is 25.0 Å². The van der Waals surface area contributed by atoms with Gasteiger partial charge in [-0.05, 0) is 26.7 Å². The Balaban J connectivity index is 2.29. The molecule has 0 spiro atoms. The first-order valence-electron chi connectivity index (χ1n) is 5.19. The lowest BCUT2D eigenvalue weighted by Gasteiger charge is -2.10. The van der Waals surface area contributed by atoms with Crippen LogP contribution in [0.2, 0.25) is 0 Å². The lowest BCUT2D eigenvalue weighted by atomic mass is 10.3. The van der Waals surface area contributed by atoms with Gasteiger partial charge in [0.25, 0.3) is 0 Å². The Morgan fingerprint density at radius 2 is 2.27 bits per heavy atom. The second-order valence-corrected chi connectivity index (χ2v) is 4.05. The van der Waals surface area contributed by atoms with E-state index >= 15 is 0 Å². The maximum atomic E-state index is 10.7. The standard InChI is InChI=1S/C11H14N2O2/c1-7(2)15-11-9(6-14)5-12-10(13-11)8-3-4-8/h5-8H,3-4H2,1-2H3. The molecule has 1 aromatic heterocycles. The van der Waals surface area contributed by atoms with E-state index in [1.165, 1.54) is 0 Å². The van der Waals surface area contributed by atoms with E-state index in [1.807, 2.05) is 13.8 Å². The van der Waals surface area contributed by atoms with Crippen LogP contribution in [0.3, 0.4) is 0 Å². The number of aromatic nitrogens is 2. The van der Waals surface area contributed by atoms with Gasteiger partial charge in [0.05, 0.1) is 11.7 Å². The minimum atomic E-state index is 0.0191. The Kier molecular flexibility index (Phi) is 2.66. The van der Waals surface area contributed by atoms with Crippen LogP contribution in [-0.2, 0) is 0 Å². The average Bonchev–Trinajstić information content (AvgIpc) is 3.00. The van der Waals surface area contributed by atoms with E-state index in [-0.39, 0.29) is 6.10 Å². The molecule has 0 atom stereocenters. The molecule has 4 nitrogen and oxygen atoms in total. The van der Waals surface area contributed by atoms with Crippen LogP contribution in [0.5, 0.6) is 5.88 Å². The topological polar surface area (TPSA) is 52.1 Å². The van der Waals surface area contributed by atoms with Gasteiger partial charge < -0.3 is 4.74 Å².